The van der Waals surface area contributed by atoms with Crippen molar-refractivity contribution in [2.75, 3.05) is 58.0 Å². The van der Waals surface area contributed by atoms with Crippen LogP contribution in [0.15, 0.2) is 27.9 Å². The van der Waals surface area contributed by atoms with Crippen molar-refractivity contribution in [3.8, 4) is 5.75 Å². The number of nitrogens with zero attached hydrogens (tertiary/aromatic N) is 5. The van der Waals surface area contributed by atoms with Crippen LogP contribution in [-0.2, 0) is 20.4 Å². The summed E-state index contributed by atoms with van der Waals surface area (Å²) in [6.07, 6.45) is -2.01. The summed E-state index contributed by atoms with van der Waals surface area (Å²) in [5.41, 5.74) is -1.34. The van der Waals surface area contributed by atoms with Gasteiger partial charge in [-0.15, -0.1) is 0 Å². The van der Waals surface area contributed by atoms with Crippen LogP contribution < -0.4 is 15.2 Å². The van der Waals surface area contributed by atoms with Crippen LogP contribution >= 0.6 is 15.9 Å². The lowest BCUT2D eigenvalue weighted by Gasteiger charge is -2.34. The monoisotopic (exact) mass is 564 g/mol. The zero-order valence-corrected chi connectivity index (χ0v) is 20.3. The van der Waals surface area contributed by atoms with Crippen LogP contribution in [0, 0.1) is 0 Å². The lowest BCUT2D eigenvalue weighted by atomic mass is 10.3. The number of nitrogens with one attached hydrogen (secondary N) is 1. The number of ether oxygens (including phenoxy) is 3. The maximum absolute atomic E-state index is 12.7. The van der Waals surface area contributed by atoms with Gasteiger partial charge in [0, 0.05) is 45.7 Å². The first-order valence-electron chi connectivity index (χ1n) is 10.6. The van der Waals surface area contributed by atoms with E-state index >= 15 is 0 Å². The zero-order chi connectivity index (χ0) is 25.4. The molecule has 3 rings (SSSR count). The summed E-state index contributed by atoms with van der Waals surface area (Å²) in [4.78, 5) is 35.1. The number of H-pyrrole nitrogens is 1. The molecule has 1 amide bonds. The summed E-state index contributed by atoms with van der Waals surface area (Å²) in [6.45, 7) is 2.06. The number of aromatic nitrogens is 4. The fraction of sp³-hybridized carbons (Fsp3) is 0.550. The van der Waals surface area contributed by atoms with Crippen molar-refractivity contribution in [2.45, 2.75) is 18.7 Å². The molecule has 35 heavy (non-hydrogen) atoms. The van der Waals surface area contributed by atoms with Crippen LogP contribution in [-0.4, -0.2) is 90.2 Å². The zero-order valence-electron chi connectivity index (χ0n) is 18.8. The quantitative estimate of drug-likeness (QED) is 0.427. The third-order valence-corrected chi connectivity index (χ3v) is 5.81. The molecule has 0 aliphatic carbocycles. The summed E-state index contributed by atoms with van der Waals surface area (Å²) in [5.74, 6) is 0.328. The molecule has 1 aliphatic rings. The summed E-state index contributed by atoms with van der Waals surface area (Å²) >= 11 is 3.14. The molecule has 0 spiro atoms. The van der Waals surface area contributed by atoms with Gasteiger partial charge in [0.05, 0.1) is 38.0 Å². The Morgan fingerprint density at radius 3 is 2.49 bits per heavy atom. The number of piperazine rings is 1. The smallest absolute Gasteiger partial charge is 0.419 e. The number of amides is 1. The molecule has 192 valence electrons. The molecule has 2 aromatic rings. The highest BCUT2D eigenvalue weighted by atomic mass is 79.9. The van der Waals surface area contributed by atoms with Crippen LogP contribution in [0.25, 0.3) is 0 Å². The third kappa shape index (κ3) is 7.60. The molecule has 15 heteroatoms. The molecule has 1 aliphatic heterocycles. The van der Waals surface area contributed by atoms with Gasteiger partial charge in [0.2, 0.25) is 11.9 Å². The van der Waals surface area contributed by atoms with Gasteiger partial charge < -0.3 is 24.0 Å². The van der Waals surface area contributed by atoms with E-state index < -0.39 is 23.4 Å². The van der Waals surface area contributed by atoms with Crippen molar-refractivity contribution in [3.05, 3.63) is 39.0 Å². The maximum Gasteiger partial charge on any atom is 0.419 e. The number of halogens is 4. The Balaban J connectivity index is 1.40. The van der Waals surface area contributed by atoms with Gasteiger partial charge in [-0.1, -0.05) is 0 Å². The molecular weight excluding hydrogens is 541 g/mol. The second-order valence-electron chi connectivity index (χ2n) is 7.53. The standard InChI is InChI=1S/C20H24BrF3N6O5/c1-33-11-14(35-15-10-27-28-18(32)17(15)21)12-34-7-2-16(31)29-3-5-30(6-4-29)19-25-8-13(9-26-19)20(22,23)24/h8-10,14H,2-7,11-12H2,1H3,(H,28,32)/t14-/m0/s1. The van der Waals surface area contributed by atoms with Crippen LogP contribution in [0.5, 0.6) is 5.75 Å². The number of aromatic amines is 1. The molecule has 2 aromatic heterocycles. The van der Waals surface area contributed by atoms with E-state index in [1.165, 1.54) is 13.3 Å². The Morgan fingerprint density at radius 1 is 1.17 bits per heavy atom. The number of hydrogen-bond donors (Lipinski definition) is 1. The van der Waals surface area contributed by atoms with Crippen molar-refractivity contribution >= 4 is 27.8 Å². The first-order valence-corrected chi connectivity index (χ1v) is 11.4. The Labute approximate surface area is 206 Å². The molecule has 11 nitrogen and oxygen atoms in total. The predicted molar refractivity (Wildman–Crippen MR) is 120 cm³/mol. The number of carbonyl (C=O) groups is 1. The van der Waals surface area contributed by atoms with Crippen LogP contribution in [0.1, 0.15) is 12.0 Å². The highest BCUT2D eigenvalue weighted by molar-refractivity contribution is 9.10. The average molecular weight is 565 g/mol. The first-order chi connectivity index (χ1) is 16.7. The maximum atomic E-state index is 12.7. The largest absolute Gasteiger partial charge is 0.483 e. The topological polar surface area (TPSA) is 123 Å². The van der Waals surface area contributed by atoms with Crippen LogP contribution in [0.3, 0.4) is 0 Å². The minimum Gasteiger partial charge on any atom is -0.483 e. The molecule has 1 saturated heterocycles. The molecule has 0 saturated carbocycles. The predicted octanol–water partition coefficient (Wildman–Crippen LogP) is 1.49. The SMILES string of the molecule is COC[C@@H](COCCC(=O)N1CCN(c2ncc(C(F)(F)F)cn2)CC1)Oc1cn[nH]c(=O)c1Br. The number of carbonyl (C=O) groups excluding carboxylic acids is 1. The molecule has 3 heterocycles. The lowest BCUT2D eigenvalue weighted by molar-refractivity contribution is -0.138. The van der Waals surface area contributed by atoms with E-state index in [1.807, 2.05) is 0 Å². The molecular formula is C20H24BrF3N6O5. The van der Waals surface area contributed by atoms with E-state index in [2.05, 4.69) is 36.1 Å². The molecule has 1 atom stereocenters. The van der Waals surface area contributed by atoms with Crippen molar-refractivity contribution in [1.82, 2.24) is 25.1 Å². The molecule has 0 unspecified atom stereocenters. The van der Waals surface area contributed by atoms with Gasteiger partial charge in [0.15, 0.2) is 5.75 Å². The Kier molecular flexibility index (Phi) is 9.40. The Hall–Kier alpha value is -2.78. The summed E-state index contributed by atoms with van der Waals surface area (Å²) in [7, 11) is 1.50. The van der Waals surface area contributed by atoms with Gasteiger partial charge in [-0.25, -0.2) is 15.1 Å². The second-order valence-corrected chi connectivity index (χ2v) is 8.33. The van der Waals surface area contributed by atoms with Crippen molar-refractivity contribution in [2.24, 2.45) is 0 Å². The molecule has 1 fully saturated rings. The second kappa shape index (κ2) is 12.3. The first kappa shape index (κ1) is 26.8. The fourth-order valence-electron chi connectivity index (χ4n) is 3.25. The molecule has 0 bridgehead atoms. The highest BCUT2D eigenvalue weighted by Crippen LogP contribution is 2.28. The van der Waals surface area contributed by atoms with Crippen LogP contribution in [0.2, 0.25) is 0 Å². The van der Waals surface area contributed by atoms with E-state index in [0.29, 0.717) is 26.2 Å². The summed E-state index contributed by atoms with van der Waals surface area (Å²) in [5, 5.41) is 5.96. The fourth-order valence-corrected chi connectivity index (χ4v) is 3.53. The minimum absolute atomic E-state index is 0.108. The Bertz CT molecular complexity index is 1030. The number of anilines is 1. The number of alkyl halides is 3. The van der Waals surface area contributed by atoms with E-state index in [-0.39, 0.29) is 48.3 Å². The number of rotatable bonds is 10. The van der Waals surface area contributed by atoms with Gasteiger partial charge in [-0.2, -0.15) is 18.3 Å². The molecule has 0 aromatic carbocycles. The highest BCUT2D eigenvalue weighted by Gasteiger charge is 2.32. The number of methoxy groups -OCH3 is 1. The van der Waals surface area contributed by atoms with Crippen LogP contribution in [0.4, 0.5) is 19.1 Å². The van der Waals surface area contributed by atoms with Gasteiger partial charge in [-0.3, -0.25) is 9.59 Å². The van der Waals surface area contributed by atoms with Crippen molar-refractivity contribution in [3.63, 3.8) is 0 Å². The third-order valence-electron chi connectivity index (χ3n) is 5.05. The van der Waals surface area contributed by atoms with Crippen molar-refractivity contribution in [1.29, 1.82) is 0 Å². The van der Waals surface area contributed by atoms with E-state index in [4.69, 9.17) is 14.2 Å². The van der Waals surface area contributed by atoms with Gasteiger partial charge >= 0.3 is 6.18 Å². The molecule has 1 N–H and O–H groups in total. The Morgan fingerprint density at radius 2 is 1.86 bits per heavy atom. The minimum atomic E-state index is -4.49. The average Bonchev–Trinajstić information content (AvgIpc) is 2.84. The van der Waals surface area contributed by atoms with E-state index in [9.17, 15) is 22.8 Å². The molecule has 0 radical (unpaired) electrons. The van der Waals surface area contributed by atoms with Gasteiger partial charge in [0.25, 0.3) is 5.56 Å². The lowest BCUT2D eigenvalue weighted by Crippen LogP contribution is -2.49. The summed E-state index contributed by atoms with van der Waals surface area (Å²) in [6, 6.07) is 0. The summed E-state index contributed by atoms with van der Waals surface area (Å²) < 4.78 is 54.6. The van der Waals surface area contributed by atoms with Gasteiger partial charge in [0.1, 0.15) is 10.6 Å². The number of hydrogen-bond acceptors (Lipinski definition) is 9. The van der Waals surface area contributed by atoms with Crippen molar-refractivity contribution < 1.29 is 32.2 Å². The van der Waals surface area contributed by atoms with E-state index in [1.54, 1.807) is 9.80 Å². The van der Waals surface area contributed by atoms with Gasteiger partial charge in [-0.05, 0) is 15.9 Å². The van der Waals surface area contributed by atoms with E-state index in [0.717, 1.165) is 12.4 Å². The normalized spacial score (nSPS) is 15.2.